The van der Waals surface area contributed by atoms with Gasteiger partial charge >= 0.3 is 6.03 Å². The predicted octanol–water partition coefficient (Wildman–Crippen LogP) is 1.27. The lowest BCUT2D eigenvalue weighted by molar-refractivity contribution is -0.149. The molecule has 2 aliphatic rings. The Morgan fingerprint density at radius 1 is 1.00 bits per heavy atom. The molecule has 1 saturated carbocycles. The summed E-state index contributed by atoms with van der Waals surface area (Å²) in [6.45, 7) is 0. The number of aromatic nitrogens is 2. The number of halogens is 1. The minimum Gasteiger partial charge on any atom is -0.331 e. The first kappa shape index (κ1) is 13.8. The van der Waals surface area contributed by atoms with Crippen LogP contribution in [0.2, 0.25) is 0 Å². The Bertz CT molecular complexity index is 770. The van der Waals surface area contributed by atoms with Gasteiger partial charge in [-0.2, -0.15) is 0 Å². The van der Waals surface area contributed by atoms with Crippen molar-refractivity contribution in [3.8, 4) is 0 Å². The highest BCUT2D eigenvalue weighted by molar-refractivity contribution is 6.04. The number of amides is 3. The van der Waals surface area contributed by atoms with Crippen LogP contribution in [0.3, 0.4) is 0 Å². The van der Waals surface area contributed by atoms with E-state index in [2.05, 4.69) is 15.3 Å². The van der Waals surface area contributed by atoms with Gasteiger partial charge in [0.1, 0.15) is 0 Å². The molecule has 4 rings (SSSR count). The minimum atomic E-state index is -2.23. The van der Waals surface area contributed by atoms with Crippen molar-refractivity contribution < 1.29 is 14.0 Å². The van der Waals surface area contributed by atoms with Crippen molar-refractivity contribution in [2.24, 2.45) is 0 Å². The number of carbonyl (C=O) groups excluding carboxylic acids is 2. The fourth-order valence-corrected chi connectivity index (χ4v) is 3.52. The van der Waals surface area contributed by atoms with Crippen LogP contribution < -0.4 is 10.6 Å². The summed E-state index contributed by atoms with van der Waals surface area (Å²) in [5.74, 6) is -2.18. The maximum Gasteiger partial charge on any atom is 0.321 e. The predicted molar refractivity (Wildman–Crippen MR) is 78.3 cm³/mol. The molecule has 23 heavy (non-hydrogen) atoms. The van der Waals surface area contributed by atoms with Crippen molar-refractivity contribution in [1.29, 1.82) is 0 Å². The molecule has 0 bridgehead atoms. The second kappa shape index (κ2) is 4.84. The molecular weight excluding hydrogens is 299 g/mol. The van der Waals surface area contributed by atoms with Crippen LogP contribution in [0.15, 0.2) is 48.8 Å². The zero-order valence-electron chi connectivity index (χ0n) is 11.9. The fraction of sp³-hybridized carbons (Fsp3) is 0.250. The molecule has 116 valence electrons. The summed E-state index contributed by atoms with van der Waals surface area (Å²) in [5.41, 5.74) is -1.14. The number of nitrogens with zero attached hydrogens (tertiary/aromatic N) is 2. The molecule has 2 aromatic rings. The quantitative estimate of drug-likeness (QED) is 0.875. The van der Waals surface area contributed by atoms with Crippen LogP contribution in [0.25, 0.3) is 0 Å². The minimum absolute atomic E-state index is 0.453. The largest absolute Gasteiger partial charge is 0.331 e. The van der Waals surface area contributed by atoms with E-state index in [1.807, 2.05) is 5.32 Å². The molecule has 2 N–H and O–H groups in total. The molecule has 2 fully saturated rings. The molecule has 1 saturated heterocycles. The first-order valence-corrected chi connectivity index (χ1v) is 7.25. The number of pyridine rings is 2. The van der Waals surface area contributed by atoms with E-state index >= 15 is 4.39 Å². The van der Waals surface area contributed by atoms with E-state index in [0.717, 1.165) is 0 Å². The summed E-state index contributed by atoms with van der Waals surface area (Å²) in [7, 11) is 0. The Kier molecular flexibility index (Phi) is 2.90. The maximum atomic E-state index is 15.5. The number of hydrogen-bond acceptors (Lipinski definition) is 4. The fourth-order valence-electron chi connectivity index (χ4n) is 3.52. The molecule has 1 aliphatic heterocycles. The Morgan fingerprint density at radius 2 is 1.65 bits per heavy atom. The Hall–Kier alpha value is -2.83. The molecule has 1 aliphatic carbocycles. The summed E-state index contributed by atoms with van der Waals surface area (Å²) < 4.78 is 15.5. The van der Waals surface area contributed by atoms with Crippen LogP contribution in [0.5, 0.6) is 0 Å². The Balaban J connectivity index is 1.83. The van der Waals surface area contributed by atoms with Crippen molar-refractivity contribution in [2.75, 3.05) is 0 Å². The lowest BCUT2D eigenvalue weighted by atomic mass is 9.54. The van der Waals surface area contributed by atoms with Gasteiger partial charge in [-0.05, 0) is 24.3 Å². The summed E-state index contributed by atoms with van der Waals surface area (Å²) in [6, 6.07) is 8.82. The highest BCUT2D eigenvalue weighted by Gasteiger charge is 2.71. The lowest BCUT2D eigenvalue weighted by Crippen LogP contribution is -2.78. The van der Waals surface area contributed by atoms with E-state index in [4.69, 9.17) is 0 Å². The van der Waals surface area contributed by atoms with Crippen molar-refractivity contribution in [1.82, 2.24) is 20.6 Å². The molecule has 6 nitrogen and oxygen atoms in total. The van der Waals surface area contributed by atoms with Crippen LogP contribution in [0.1, 0.15) is 23.2 Å². The number of rotatable bonds is 2. The van der Waals surface area contributed by atoms with Crippen molar-refractivity contribution in [2.45, 2.75) is 23.5 Å². The zero-order valence-corrected chi connectivity index (χ0v) is 11.9. The first-order chi connectivity index (χ1) is 11.1. The maximum absolute atomic E-state index is 15.5. The standard InChI is InChI=1S/C16H13FN4O2/c17-16-12(10-6-2-4-8-19-10)11(9-5-1-3-7-18-9)13(16)20-15(23)21-14(16)22/h1-8,11-13H,(H2,20,21,22,23)/t11-,12-,13-,16-/m0/s1. The van der Waals surface area contributed by atoms with Gasteiger partial charge in [0.2, 0.25) is 5.67 Å². The van der Waals surface area contributed by atoms with Gasteiger partial charge in [0.05, 0.1) is 12.0 Å². The van der Waals surface area contributed by atoms with E-state index in [9.17, 15) is 9.59 Å². The number of urea groups is 1. The van der Waals surface area contributed by atoms with Crippen LogP contribution in [-0.2, 0) is 4.79 Å². The molecule has 0 radical (unpaired) electrons. The average Bonchev–Trinajstić information content (AvgIpc) is 2.57. The number of imide groups is 1. The number of hydrogen-bond donors (Lipinski definition) is 2. The van der Waals surface area contributed by atoms with Gasteiger partial charge in [-0.25, -0.2) is 9.18 Å². The van der Waals surface area contributed by atoms with Crippen LogP contribution >= 0.6 is 0 Å². The molecular formula is C16H13FN4O2. The van der Waals surface area contributed by atoms with E-state index < -0.39 is 35.5 Å². The van der Waals surface area contributed by atoms with Crippen molar-refractivity contribution >= 4 is 11.9 Å². The summed E-state index contributed by atoms with van der Waals surface area (Å²) in [5, 5.41) is 4.53. The molecule has 2 aromatic heterocycles. The van der Waals surface area contributed by atoms with Gasteiger partial charge in [-0.1, -0.05) is 12.1 Å². The summed E-state index contributed by atoms with van der Waals surface area (Å²) >= 11 is 0. The third-order valence-corrected chi connectivity index (χ3v) is 4.52. The van der Waals surface area contributed by atoms with E-state index in [-0.39, 0.29) is 0 Å². The Labute approximate surface area is 131 Å². The van der Waals surface area contributed by atoms with Crippen molar-refractivity contribution in [3.63, 3.8) is 0 Å². The molecule has 0 unspecified atom stereocenters. The zero-order chi connectivity index (χ0) is 16.0. The van der Waals surface area contributed by atoms with E-state index in [1.165, 1.54) is 0 Å². The van der Waals surface area contributed by atoms with Gasteiger partial charge < -0.3 is 5.32 Å². The number of fused-ring (bicyclic) bond motifs is 1. The van der Waals surface area contributed by atoms with Crippen molar-refractivity contribution in [3.05, 3.63) is 60.2 Å². The topological polar surface area (TPSA) is 84.0 Å². The van der Waals surface area contributed by atoms with Crippen LogP contribution in [0.4, 0.5) is 9.18 Å². The van der Waals surface area contributed by atoms with Gasteiger partial charge in [0.15, 0.2) is 0 Å². The summed E-state index contributed by atoms with van der Waals surface area (Å²) in [4.78, 5) is 32.2. The van der Waals surface area contributed by atoms with Gasteiger partial charge in [-0.3, -0.25) is 20.1 Å². The van der Waals surface area contributed by atoms with E-state index in [1.54, 1.807) is 48.8 Å². The second-order valence-electron chi connectivity index (χ2n) is 5.69. The van der Waals surface area contributed by atoms with Crippen LogP contribution in [-0.4, -0.2) is 33.6 Å². The highest BCUT2D eigenvalue weighted by Crippen LogP contribution is 2.58. The Morgan fingerprint density at radius 3 is 2.26 bits per heavy atom. The average molecular weight is 312 g/mol. The molecule has 3 amide bonds. The molecule has 7 heteroatoms. The van der Waals surface area contributed by atoms with Gasteiger partial charge in [0.25, 0.3) is 5.91 Å². The van der Waals surface area contributed by atoms with Crippen LogP contribution in [0, 0.1) is 0 Å². The molecule has 4 atom stereocenters. The van der Waals surface area contributed by atoms with E-state index in [0.29, 0.717) is 11.4 Å². The number of carbonyl (C=O) groups is 2. The highest BCUT2D eigenvalue weighted by atomic mass is 19.1. The molecule has 0 spiro atoms. The first-order valence-electron chi connectivity index (χ1n) is 7.25. The number of alkyl halides is 1. The lowest BCUT2D eigenvalue weighted by Gasteiger charge is -2.56. The SMILES string of the molecule is O=C1NC(=O)[C@@]2(F)[C@@H](N1)[C@@H](c1ccccn1)[C@@H]2c1ccccn1. The monoisotopic (exact) mass is 312 g/mol. The normalized spacial score (nSPS) is 32.3. The summed E-state index contributed by atoms with van der Waals surface area (Å²) in [6.07, 6.45) is 3.16. The smallest absolute Gasteiger partial charge is 0.321 e. The second-order valence-corrected chi connectivity index (χ2v) is 5.69. The third kappa shape index (κ3) is 1.86. The number of nitrogens with one attached hydrogen (secondary N) is 2. The third-order valence-electron chi connectivity index (χ3n) is 4.52. The van der Waals surface area contributed by atoms with Gasteiger partial charge in [-0.15, -0.1) is 0 Å². The molecule has 3 heterocycles. The van der Waals surface area contributed by atoms with Gasteiger partial charge in [0, 0.05) is 29.7 Å². The molecule has 0 aromatic carbocycles.